The van der Waals surface area contributed by atoms with Gasteiger partial charge < -0.3 is 20.6 Å². The van der Waals surface area contributed by atoms with Gasteiger partial charge in [0.05, 0.1) is 5.60 Å². The first-order valence-corrected chi connectivity index (χ1v) is 4.81. The smallest absolute Gasteiger partial charge is 0.251 e. The number of aromatic hydroxyl groups is 2. The monoisotopic (exact) mass is 225 g/mol. The number of phenols is 2. The number of carbonyl (C=O) groups excluding carboxylic acids is 1. The van der Waals surface area contributed by atoms with E-state index in [1.54, 1.807) is 13.8 Å². The van der Waals surface area contributed by atoms with E-state index in [9.17, 15) is 20.1 Å². The molecule has 0 aliphatic rings. The Bertz CT molecular complexity index is 375. The van der Waals surface area contributed by atoms with Crippen molar-refractivity contribution in [2.75, 3.05) is 6.54 Å². The zero-order valence-electron chi connectivity index (χ0n) is 9.19. The van der Waals surface area contributed by atoms with Crippen molar-refractivity contribution in [3.63, 3.8) is 0 Å². The predicted octanol–water partition coefficient (Wildman–Crippen LogP) is 0.599. The average molecular weight is 225 g/mol. The standard InChI is InChI=1S/C11H15NO4/c1-11(2,16)6-12-10(15)7-3-8(13)5-9(14)4-7/h3-5,13-14,16H,6H2,1-2H3,(H,12,15). The second-order valence-corrected chi connectivity index (χ2v) is 4.23. The fourth-order valence-electron chi connectivity index (χ4n) is 1.12. The number of hydrogen-bond donors (Lipinski definition) is 4. The van der Waals surface area contributed by atoms with Crippen molar-refractivity contribution < 1.29 is 20.1 Å². The summed E-state index contributed by atoms with van der Waals surface area (Å²) in [6.45, 7) is 3.21. The molecule has 0 saturated carbocycles. The average Bonchev–Trinajstić information content (AvgIpc) is 2.11. The third-order valence-electron chi connectivity index (χ3n) is 1.85. The number of hydrogen-bond acceptors (Lipinski definition) is 4. The summed E-state index contributed by atoms with van der Waals surface area (Å²) in [6, 6.07) is 3.60. The van der Waals surface area contributed by atoms with Gasteiger partial charge in [-0.15, -0.1) is 0 Å². The Morgan fingerprint density at radius 2 is 1.75 bits per heavy atom. The molecule has 0 heterocycles. The number of rotatable bonds is 3. The number of nitrogens with one attached hydrogen (secondary N) is 1. The number of amides is 1. The second kappa shape index (κ2) is 4.40. The minimum atomic E-state index is -1.01. The van der Waals surface area contributed by atoms with Crippen molar-refractivity contribution >= 4 is 5.91 Å². The van der Waals surface area contributed by atoms with E-state index in [0.29, 0.717) is 0 Å². The molecule has 88 valence electrons. The number of carbonyl (C=O) groups is 1. The van der Waals surface area contributed by atoms with Crippen LogP contribution in [0.2, 0.25) is 0 Å². The van der Waals surface area contributed by atoms with E-state index in [0.717, 1.165) is 6.07 Å². The Kier molecular flexibility index (Phi) is 3.39. The van der Waals surface area contributed by atoms with E-state index in [1.807, 2.05) is 0 Å². The molecule has 0 unspecified atom stereocenters. The summed E-state index contributed by atoms with van der Waals surface area (Å²) >= 11 is 0. The number of aliphatic hydroxyl groups is 1. The maximum atomic E-state index is 11.6. The van der Waals surface area contributed by atoms with E-state index < -0.39 is 11.5 Å². The van der Waals surface area contributed by atoms with E-state index >= 15 is 0 Å². The van der Waals surface area contributed by atoms with Gasteiger partial charge >= 0.3 is 0 Å². The molecule has 1 amide bonds. The van der Waals surface area contributed by atoms with Gasteiger partial charge in [-0.05, 0) is 26.0 Å². The largest absolute Gasteiger partial charge is 0.508 e. The maximum Gasteiger partial charge on any atom is 0.251 e. The lowest BCUT2D eigenvalue weighted by molar-refractivity contribution is 0.0694. The molecule has 0 atom stereocenters. The summed E-state index contributed by atoms with van der Waals surface area (Å²) in [7, 11) is 0. The predicted molar refractivity (Wildman–Crippen MR) is 58.4 cm³/mol. The van der Waals surface area contributed by atoms with Crippen LogP contribution in [0.25, 0.3) is 0 Å². The van der Waals surface area contributed by atoms with Gasteiger partial charge in [0.1, 0.15) is 11.5 Å². The SMILES string of the molecule is CC(C)(O)CNC(=O)c1cc(O)cc(O)c1. The zero-order chi connectivity index (χ0) is 12.3. The minimum Gasteiger partial charge on any atom is -0.508 e. The molecular formula is C11H15NO4. The first kappa shape index (κ1) is 12.3. The molecule has 5 heteroatoms. The normalized spacial score (nSPS) is 11.2. The third-order valence-corrected chi connectivity index (χ3v) is 1.85. The van der Waals surface area contributed by atoms with Crippen molar-refractivity contribution in [3.8, 4) is 11.5 Å². The van der Waals surface area contributed by atoms with Gasteiger partial charge in [0.2, 0.25) is 0 Å². The van der Waals surface area contributed by atoms with Crippen LogP contribution in [0.1, 0.15) is 24.2 Å². The maximum absolute atomic E-state index is 11.6. The molecule has 0 radical (unpaired) electrons. The van der Waals surface area contributed by atoms with Gasteiger partial charge in [-0.25, -0.2) is 0 Å². The highest BCUT2D eigenvalue weighted by Gasteiger charge is 2.15. The topological polar surface area (TPSA) is 89.8 Å². The molecule has 0 aromatic heterocycles. The summed E-state index contributed by atoms with van der Waals surface area (Å²) in [5.74, 6) is -0.838. The van der Waals surface area contributed by atoms with Crippen LogP contribution in [-0.4, -0.2) is 33.4 Å². The number of benzene rings is 1. The van der Waals surface area contributed by atoms with Crippen LogP contribution < -0.4 is 5.32 Å². The van der Waals surface area contributed by atoms with Crippen LogP contribution in [0, 0.1) is 0 Å². The molecule has 16 heavy (non-hydrogen) atoms. The number of phenolic OH excluding ortho intramolecular Hbond substituents is 2. The van der Waals surface area contributed by atoms with Crippen LogP contribution in [0.15, 0.2) is 18.2 Å². The minimum absolute atomic E-state index is 0.0856. The Morgan fingerprint density at radius 3 is 2.19 bits per heavy atom. The van der Waals surface area contributed by atoms with Crippen LogP contribution >= 0.6 is 0 Å². The highest BCUT2D eigenvalue weighted by atomic mass is 16.3. The van der Waals surface area contributed by atoms with Gasteiger partial charge in [0.15, 0.2) is 0 Å². The summed E-state index contributed by atoms with van der Waals surface area (Å²) in [6.07, 6.45) is 0. The van der Waals surface area contributed by atoms with Crippen LogP contribution in [0.3, 0.4) is 0 Å². The quantitative estimate of drug-likeness (QED) is 0.606. The molecule has 1 aromatic rings. The lowest BCUT2D eigenvalue weighted by Crippen LogP contribution is -2.38. The summed E-state index contributed by atoms with van der Waals surface area (Å²) < 4.78 is 0. The second-order valence-electron chi connectivity index (χ2n) is 4.23. The van der Waals surface area contributed by atoms with Crippen molar-refractivity contribution in [2.45, 2.75) is 19.4 Å². The fraction of sp³-hybridized carbons (Fsp3) is 0.364. The summed E-state index contributed by atoms with van der Waals surface area (Å²) in [5, 5.41) is 30.3. The van der Waals surface area contributed by atoms with Gasteiger partial charge in [-0.1, -0.05) is 0 Å². The molecule has 1 rings (SSSR count). The van der Waals surface area contributed by atoms with E-state index in [-0.39, 0.29) is 23.6 Å². The van der Waals surface area contributed by atoms with Gasteiger partial charge in [-0.3, -0.25) is 4.79 Å². The molecule has 0 aliphatic carbocycles. The van der Waals surface area contributed by atoms with Gasteiger partial charge in [0, 0.05) is 18.2 Å². The molecule has 1 aromatic carbocycles. The first-order chi connectivity index (χ1) is 7.28. The molecule has 0 fully saturated rings. The van der Waals surface area contributed by atoms with Gasteiger partial charge in [-0.2, -0.15) is 0 Å². The highest BCUT2D eigenvalue weighted by Crippen LogP contribution is 2.20. The van der Waals surface area contributed by atoms with Crippen LogP contribution in [0.4, 0.5) is 0 Å². The molecular weight excluding hydrogens is 210 g/mol. The third kappa shape index (κ3) is 3.78. The van der Waals surface area contributed by atoms with E-state index in [2.05, 4.69) is 5.32 Å². The molecule has 0 bridgehead atoms. The molecule has 5 nitrogen and oxygen atoms in total. The van der Waals surface area contributed by atoms with Crippen LogP contribution in [0.5, 0.6) is 11.5 Å². The van der Waals surface area contributed by atoms with Crippen molar-refractivity contribution in [1.82, 2.24) is 5.32 Å². The fourth-order valence-corrected chi connectivity index (χ4v) is 1.12. The van der Waals surface area contributed by atoms with E-state index in [4.69, 9.17) is 0 Å². The zero-order valence-corrected chi connectivity index (χ0v) is 9.19. The molecule has 0 saturated heterocycles. The summed E-state index contributed by atoms with van der Waals surface area (Å²) in [5.41, 5.74) is -0.865. The Labute approximate surface area is 93.4 Å². The lowest BCUT2D eigenvalue weighted by atomic mass is 10.1. The highest BCUT2D eigenvalue weighted by molar-refractivity contribution is 5.95. The molecule has 0 spiro atoms. The van der Waals surface area contributed by atoms with Crippen molar-refractivity contribution in [1.29, 1.82) is 0 Å². The molecule has 0 aliphatic heterocycles. The van der Waals surface area contributed by atoms with E-state index in [1.165, 1.54) is 12.1 Å². The Balaban J connectivity index is 2.73. The van der Waals surface area contributed by atoms with Crippen molar-refractivity contribution in [3.05, 3.63) is 23.8 Å². The molecule has 4 N–H and O–H groups in total. The first-order valence-electron chi connectivity index (χ1n) is 4.81. The van der Waals surface area contributed by atoms with Gasteiger partial charge in [0.25, 0.3) is 5.91 Å². The van der Waals surface area contributed by atoms with Crippen LogP contribution in [-0.2, 0) is 0 Å². The lowest BCUT2D eigenvalue weighted by Gasteiger charge is -2.17. The summed E-state index contributed by atoms with van der Waals surface area (Å²) in [4.78, 5) is 11.6. The van der Waals surface area contributed by atoms with Crippen molar-refractivity contribution in [2.24, 2.45) is 0 Å². The Hall–Kier alpha value is -1.75. The Morgan fingerprint density at radius 1 is 1.25 bits per heavy atom.